The number of fused-ring (bicyclic) bond motifs is 7. The van der Waals surface area contributed by atoms with E-state index >= 15 is 0 Å². The van der Waals surface area contributed by atoms with Gasteiger partial charge in [0.05, 0.1) is 40.1 Å². The first-order valence-electron chi connectivity index (χ1n) is 20.4. The zero-order chi connectivity index (χ0) is 39.9. The maximum Gasteiger partial charge on any atom is 0.235 e. The molecule has 8 aromatic carbocycles. The van der Waals surface area contributed by atoms with Crippen molar-refractivity contribution in [1.29, 1.82) is 0 Å². The van der Waals surface area contributed by atoms with Crippen LogP contribution in [0.5, 0.6) is 0 Å². The van der Waals surface area contributed by atoms with Crippen LogP contribution in [0.2, 0.25) is 0 Å². The van der Waals surface area contributed by atoms with Gasteiger partial charge in [-0.05, 0) is 76.8 Å². The highest BCUT2D eigenvalue weighted by Crippen LogP contribution is 2.38. The first kappa shape index (κ1) is 25.6. The summed E-state index contributed by atoms with van der Waals surface area (Å²) >= 11 is 0. The van der Waals surface area contributed by atoms with E-state index in [1.807, 2.05) is 72.8 Å². The van der Waals surface area contributed by atoms with E-state index in [1.54, 1.807) is 4.57 Å². The molecule has 11 aromatic rings. The molecule has 252 valence electrons. The molecule has 11 rings (SSSR count). The molecule has 3 aromatic heterocycles. The summed E-state index contributed by atoms with van der Waals surface area (Å²) in [6.07, 6.45) is 0. The summed E-state index contributed by atoms with van der Waals surface area (Å²) < 4.78 is 46.2. The van der Waals surface area contributed by atoms with Crippen molar-refractivity contribution in [3.63, 3.8) is 0 Å². The fourth-order valence-corrected chi connectivity index (χ4v) is 7.95. The van der Waals surface area contributed by atoms with E-state index in [-0.39, 0.29) is 29.9 Å². The van der Waals surface area contributed by atoms with Crippen molar-refractivity contribution in [2.24, 2.45) is 0 Å². The van der Waals surface area contributed by atoms with E-state index in [4.69, 9.17) is 16.8 Å². The summed E-state index contributed by atoms with van der Waals surface area (Å²) in [5.74, 6) is 0.624. The van der Waals surface area contributed by atoms with Crippen LogP contribution in [0.15, 0.2) is 194 Å². The van der Waals surface area contributed by atoms with Gasteiger partial charge in [0.2, 0.25) is 5.95 Å². The highest BCUT2D eigenvalue weighted by atomic mass is 15.2. The Kier molecular flexibility index (Phi) is 5.76. The van der Waals surface area contributed by atoms with Gasteiger partial charge in [-0.15, -0.1) is 0 Å². The summed E-state index contributed by atoms with van der Waals surface area (Å²) in [5, 5.41) is 5.11. The number of benzene rings is 8. The summed E-state index contributed by atoms with van der Waals surface area (Å²) in [5.41, 5.74) is 10.8. The van der Waals surface area contributed by atoms with Crippen molar-refractivity contribution in [2.75, 3.05) is 0 Å². The highest BCUT2D eigenvalue weighted by molar-refractivity contribution is 6.11. The van der Waals surface area contributed by atoms with E-state index in [1.165, 1.54) is 0 Å². The maximum absolute atomic E-state index is 8.72. The minimum absolute atomic E-state index is 0.140. The minimum Gasteiger partial charge on any atom is -0.309 e. The van der Waals surface area contributed by atoms with E-state index in [2.05, 4.69) is 95.6 Å². The van der Waals surface area contributed by atoms with Gasteiger partial charge in [0.25, 0.3) is 0 Å². The van der Waals surface area contributed by atoms with Gasteiger partial charge in [-0.3, -0.25) is 4.57 Å². The Balaban J connectivity index is 1.00. The molecule has 0 bridgehead atoms. The van der Waals surface area contributed by atoms with Gasteiger partial charge in [0, 0.05) is 38.2 Å². The Morgan fingerprint density at radius 3 is 1.52 bits per heavy atom. The Labute approximate surface area is 318 Å². The third-order valence-corrected chi connectivity index (χ3v) is 10.4. The molecule has 0 saturated carbocycles. The van der Waals surface area contributed by atoms with Crippen molar-refractivity contribution in [2.45, 2.75) is 0 Å². The molecular formula is C50H32N4. The molecule has 3 heterocycles. The van der Waals surface area contributed by atoms with Crippen LogP contribution < -0.4 is 0 Å². The molecule has 0 aliphatic rings. The third kappa shape index (κ3) is 4.78. The Morgan fingerprint density at radius 2 is 0.870 bits per heavy atom. The minimum atomic E-state index is -0.407. The lowest BCUT2D eigenvalue weighted by atomic mass is 9.98. The van der Waals surface area contributed by atoms with Crippen LogP contribution in [0, 0.1) is 0 Å². The molecule has 0 atom stereocenters. The van der Waals surface area contributed by atoms with Crippen molar-refractivity contribution >= 4 is 54.5 Å². The highest BCUT2D eigenvalue weighted by Gasteiger charge is 2.18. The molecule has 0 aliphatic heterocycles. The van der Waals surface area contributed by atoms with Gasteiger partial charge in [-0.2, -0.15) is 0 Å². The van der Waals surface area contributed by atoms with Gasteiger partial charge in [0.1, 0.15) is 0 Å². The topological polar surface area (TPSA) is 35.6 Å². The second-order valence-electron chi connectivity index (χ2n) is 13.5. The zero-order valence-electron chi connectivity index (χ0n) is 33.9. The van der Waals surface area contributed by atoms with Gasteiger partial charge >= 0.3 is 0 Å². The SMILES string of the molecule is [2H]c1c([2H])c([2H])c(-n2c3ccccc3c3cc(-c4ccc(-c5ccc6c(c5)c5ccccc5n6-c5nc(-c6ccccc6)c6ccccc6n5)cc4)ccc32)c([2H])c1[2H]. The third-order valence-electron chi connectivity index (χ3n) is 10.4. The largest absolute Gasteiger partial charge is 0.309 e. The molecule has 0 fully saturated rings. The van der Waals surface area contributed by atoms with Crippen LogP contribution in [0.3, 0.4) is 0 Å². The first-order chi connectivity index (χ1) is 28.9. The number of nitrogens with zero attached hydrogens (tertiary/aromatic N) is 4. The number of hydrogen-bond acceptors (Lipinski definition) is 2. The fourth-order valence-electron chi connectivity index (χ4n) is 7.95. The fraction of sp³-hybridized carbons (Fsp3) is 0. The molecule has 0 unspecified atom stereocenters. The predicted octanol–water partition coefficient (Wildman–Crippen LogP) is 12.8. The molecule has 0 aliphatic carbocycles. The van der Waals surface area contributed by atoms with Gasteiger partial charge in [0.15, 0.2) is 0 Å². The number of rotatable bonds is 5. The van der Waals surface area contributed by atoms with Crippen LogP contribution in [-0.4, -0.2) is 19.1 Å². The molecule has 54 heavy (non-hydrogen) atoms. The van der Waals surface area contributed by atoms with Crippen LogP contribution >= 0.6 is 0 Å². The molecule has 4 heteroatoms. The second-order valence-corrected chi connectivity index (χ2v) is 13.5. The van der Waals surface area contributed by atoms with Crippen LogP contribution in [-0.2, 0) is 0 Å². The van der Waals surface area contributed by atoms with Crippen molar-refractivity contribution in [1.82, 2.24) is 19.1 Å². The van der Waals surface area contributed by atoms with Crippen LogP contribution in [0.25, 0.3) is 99.7 Å². The van der Waals surface area contributed by atoms with Crippen LogP contribution in [0.1, 0.15) is 6.85 Å². The Morgan fingerprint density at radius 1 is 0.370 bits per heavy atom. The van der Waals surface area contributed by atoms with E-state index in [9.17, 15) is 0 Å². The molecule has 0 radical (unpaired) electrons. The Bertz CT molecular complexity index is 3470. The zero-order valence-corrected chi connectivity index (χ0v) is 28.9. The number of para-hydroxylation sites is 4. The van der Waals surface area contributed by atoms with E-state index < -0.39 is 6.04 Å². The van der Waals surface area contributed by atoms with E-state index in [0.29, 0.717) is 5.95 Å². The number of aromatic nitrogens is 4. The van der Waals surface area contributed by atoms with Crippen molar-refractivity contribution in [3.05, 3.63) is 194 Å². The summed E-state index contributed by atoms with van der Waals surface area (Å²) in [6, 6.07) is 54.3. The summed E-state index contributed by atoms with van der Waals surface area (Å²) in [4.78, 5) is 10.3. The molecule has 0 spiro atoms. The van der Waals surface area contributed by atoms with Crippen molar-refractivity contribution in [3.8, 4) is 45.1 Å². The van der Waals surface area contributed by atoms with Gasteiger partial charge in [-0.25, -0.2) is 9.97 Å². The normalized spacial score (nSPS) is 13.0. The van der Waals surface area contributed by atoms with Gasteiger partial charge < -0.3 is 4.57 Å². The predicted molar refractivity (Wildman–Crippen MR) is 225 cm³/mol. The molecule has 0 saturated heterocycles. The standard InChI is InChI=1S/C50H32N4/c1-3-13-35(14-4-1)49-41-19-7-10-20-44(41)51-50(52-49)54-46-22-12-9-18-40(46)43-32-37(28-30-48(43)54)34-25-23-33(24-26-34)36-27-29-47-42(31-36)39-17-8-11-21-45(39)53(47)38-15-5-2-6-16-38/h1-32H/i2D,5D,6D,15D,16D. The lowest BCUT2D eigenvalue weighted by Gasteiger charge is -2.12. The molecule has 4 nitrogen and oxygen atoms in total. The monoisotopic (exact) mass is 693 g/mol. The van der Waals surface area contributed by atoms with Crippen LogP contribution in [0.4, 0.5) is 0 Å². The summed E-state index contributed by atoms with van der Waals surface area (Å²) in [6.45, 7) is 0. The molecule has 0 amide bonds. The maximum atomic E-state index is 8.72. The lowest BCUT2D eigenvalue weighted by Crippen LogP contribution is -2.03. The van der Waals surface area contributed by atoms with E-state index in [0.717, 1.165) is 88.0 Å². The average molecular weight is 694 g/mol. The average Bonchev–Trinajstić information content (AvgIpc) is 3.80. The summed E-state index contributed by atoms with van der Waals surface area (Å²) in [7, 11) is 0. The Hall–Kier alpha value is -7.30. The number of hydrogen-bond donors (Lipinski definition) is 0. The quantitative estimate of drug-likeness (QED) is 0.180. The second kappa shape index (κ2) is 12.1. The van der Waals surface area contributed by atoms with Crippen molar-refractivity contribution < 1.29 is 6.85 Å². The molecule has 0 N–H and O–H groups in total. The molecular weight excluding hydrogens is 657 g/mol. The first-order valence-corrected chi connectivity index (χ1v) is 17.9. The lowest BCUT2D eigenvalue weighted by molar-refractivity contribution is 1.01. The van der Waals surface area contributed by atoms with Gasteiger partial charge in [-0.1, -0.05) is 139 Å². The smallest absolute Gasteiger partial charge is 0.235 e.